The number of methoxy groups -OCH3 is 1. The van der Waals surface area contributed by atoms with Gasteiger partial charge in [-0.25, -0.2) is 23.7 Å². The summed E-state index contributed by atoms with van der Waals surface area (Å²) in [5.41, 5.74) is 2.34. The zero-order valence-electron chi connectivity index (χ0n) is 22.8. The van der Waals surface area contributed by atoms with Crippen LogP contribution in [0.15, 0.2) is 36.3 Å². The Morgan fingerprint density at radius 3 is 2.29 bits per heavy atom. The molecule has 0 amide bonds. The predicted octanol–water partition coefficient (Wildman–Crippen LogP) is 8.23. The number of allylic oxidation sites excluding steroid dienone is 1. The molecule has 0 N–H and O–H groups in total. The number of pyridine rings is 2. The molecule has 3 aromatic rings. The number of aryl methyl sites for hydroxylation is 1. The molecule has 0 bridgehead atoms. The van der Waals surface area contributed by atoms with Crippen molar-refractivity contribution in [1.82, 2.24) is 14.5 Å². The zero-order valence-corrected chi connectivity index (χ0v) is 22.8. The minimum absolute atomic E-state index is 0.257. The largest absolute Gasteiger partial charge is 0.495 e. The maximum atomic E-state index is 14.0. The first kappa shape index (κ1) is 29.8. The van der Waals surface area contributed by atoms with E-state index in [-0.39, 0.29) is 5.83 Å². The molecule has 0 aromatic carbocycles. The Balaban J connectivity index is 0.000000949. The summed E-state index contributed by atoms with van der Waals surface area (Å²) in [6.45, 7) is 17.4. The lowest BCUT2D eigenvalue weighted by Gasteiger charge is -2.21. The zero-order chi connectivity index (χ0) is 26.8. The molecule has 0 saturated heterocycles. The fourth-order valence-electron chi connectivity index (χ4n) is 3.35. The first-order chi connectivity index (χ1) is 16.7. The molecule has 0 fully saturated rings. The first-order valence-electron chi connectivity index (χ1n) is 12.4. The van der Waals surface area contributed by atoms with E-state index in [2.05, 4.69) is 9.97 Å². The number of fused-ring (bicyclic) bond motifs is 2. The molecule has 0 unspecified atom stereocenters. The molecule has 0 spiro atoms. The molecule has 0 saturated carbocycles. The van der Waals surface area contributed by atoms with E-state index < -0.39 is 11.7 Å². The van der Waals surface area contributed by atoms with E-state index in [1.807, 2.05) is 65.8 Å². The van der Waals surface area contributed by atoms with Crippen molar-refractivity contribution in [3.63, 3.8) is 0 Å². The highest BCUT2D eigenvalue weighted by Gasteiger charge is 2.27. The van der Waals surface area contributed by atoms with Gasteiger partial charge in [0.15, 0.2) is 5.65 Å². The van der Waals surface area contributed by atoms with Crippen molar-refractivity contribution in [3.8, 4) is 17.1 Å². The number of hydrogen-bond donors (Lipinski definition) is 0. The highest BCUT2D eigenvalue weighted by atomic mass is 19.1. The molecule has 0 atom stereocenters. The first-order valence-corrected chi connectivity index (χ1v) is 12.4. The third-order valence-electron chi connectivity index (χ3n) is 4.64. The van der Waals surface area contributed by atoms with Gasteiger partial charge in [-0.2, -0.15) is 0 Å². The number of carbonyl (C=O) groups is 1. The lowest BCUT2D eigenvalue weighted by molar-refractivity contribution is 0.0539. The van der Waals surface area contributed by atoms with Gasteiger partial charge in [0, 0.05) is 11.8 Å². The van der Waals surface area contributed by atoms with Crippen LogP contribution in [0.5, 0.6) is 5.75 Å². The van der Waals surface area contributed by atoms with Crippen LogP contribution in [0.1, 0.15) is 80.0 Å². The maximum Gasteiger partial charge on any atom is 0.419 e. The number of halogens is 1. The van der Waals surface area contributed by atoms with Gasteiger partial charge in [0.1, 0.15) is 17.2 Å². The smallest absolute Gasteiger partial charge is 0.419 e. The Labute approximate surface area is 209 Å². The fraction of sp³-hybridized carbons (Fsp3) is 0.464. The summed E-state index contributed by atoms with van der Waals surface area (Å²) in [6.07, 6.45) is 3.26. The Bertz CT molecular complexity index is 1140. The Kier molecular flexibility index (Phi) is 11.6. The number of aromatic nitrogens is 3. The van der Waals surface area contributed by atoms with Crippen LogP contribution in [0.2, 0.25) is 0 Å². The maximum absolute atomic E-state index is 14.0. The third-order valence-corrected chi connectivity index (χ3v) is 4.64. The van der Waals surface area contributed by atoms with Crippen LogP contribution in [0.4, 0.5) is 9.18 Å². The van der Waals surface area contributed by atoms with Crippen LogP contribution >= 0.6 is 0 Å². The minimum Gasteiger partial charge on any atom is -0.495 e. The molecule has 1 aliphatic carbocycles. The van der Waals surface area contributed by atoms with Gasteiger partial charge < -0.3 is 9.47 Å². The van der Waals surface area contributed by atoms with Gasteiger partial charge >= 0.3 is 6.09 Å². The Morgan fingerprint density at radius 1 is 1.03 bits per heavy atom. The molecular weight excluding hydrogens is 445 g/mol. The molecule has 7 heteroatoms. The highest BCUT2D eigenvalue weighted by Crippen LogP contribution is 2.33. The molecule has 35 heavy (non-hydrogen) atoms. The number of carbonyl (C=O) groups excluding carboxylic acids is 1. The van der Waals surface area contributed by atoms with Crippen molar-refractivity contribution < 1.29 is 18.7 Å². The van der Waals surface area contributed by atoms with Crippen molar-refractivity contribution in [1.29, 1.82) is 0 Å². The van der Waals surface area contributed by atoms with Gasteiger partial charge in [-0.05, 0) is 63.1 Å². The summed E-state index contributed by atoms with van der Waals surface area (Å²) in [5, 5.41) is 0.819. The van der Waals surface area contributed by atoms with Crippen LogP contribution in [-0.4, -0.2) is 33.3 Å². The summed E-state index contributed by atoms with van der Waals surface area (Å²) in [4.78, 5) is 21.9. The number of ether oxygens (including phenoxy) is 2. The summed E-state index contributed by atoms with van der Waals surface area (Å²) >= 11 is 0. The normalized spacial score (nSPS) is 11.9. The van der Waals surface area contributed by atoms with E-state index >= 15 is 0 Å². The molecule has 3 heterocycles. The second-order valence-corrected chi connectivity index (χ2v) is 7.97. The van der Waals surface area contributed by atoms with Crippen molar-refractivity contribution in [3.05, 3.63) is 47.5 Å². The van der Waals surface area contributed by atoms with Gasteiger partial charge in [-0.15, -0.1) is 0 Å². The SMILES string of the molecule is CC.CC.CC.COc1cnc2nc(-c3cc4c(n3C(=O)OC(C)(C)C)C=C(F)CC4)ccc2c1. The van der Waals surface area contributed by atoms with Crippen molar-refractivity contribution >= 4 is 23.2 Å². The fourth-order valence-corrected chi connectivity index (χ4v) is 3.35. The molecule has 6 nitrogen and oxygen atoms in total. The number of nitrogens with zero attached hydrogens (tertiary/aromatic N) is 3. The monoisotopic (exact) mass is 485 g/mol. The molecule has 4 rings (SSSR count). The van der Waals surface area contributed by atoms with Gasteiger partial charge in [0.05, 0.1) is 30.4 Å². The van der Waals surface area contributed by atoms with Crippen LogP contribution in [0.25, 0.3) is 28.5 Å². The van der Waals surface area contributed by atoms with Crippen LogP contribution < -0.4 is 4.74 Å². The van der Waals surface area contributed by atoms with Gasteiger partial charge in [-0.1, -0.05) is 41.5 Å². The average molecular weight is 486 g/mol. The van der Waals surface area contributed by atoms with E-state index in [9.17, 15) is 9.18 Å². The van der Waals surface area contributed by atoms with E-state index in [4.69, 9.17) is 9.47 Å². The van der Waals surface area contributed by atoms with Gasteiger partial charge in [0.25, 0.3) is 0 Å². The van der Waals surface area contributed by atoms with Crippen molar-refractivity contribution in [2.45, 2.75) is 80.8 Å². The van der Waals surface area contributed by atoms with Crippen LogP contribution in [-0.2, 0) is 11.2 Å². The predicted molar refractivity (Wildman–Crippen MR) is 143 cm³/mol. The summed E-state index contributed by atoms with van der Waals surface area (Å²) in [5.74, 6) is 0.382. The summed E-state index contributed by atoms with van der Waals surface area (Å²) in [6, 6.07) is 7.40. The minimum atomic E-state index is -0.683. The van der Waals surface area contributed by atoms with E-state index in [0.717, 1.165) is 10.9 Å². The Morgan fingerprint density at radius 2 is 1.69 bits per heavy atom. The van der Waals surface area contributed by atoms with Crippen LogP contribution in [0, 0.1) is 0 Å². The Hall–Kier alpha value is -3.22. The number of hydrogen-bond acceptors (Lipinski definition) is 5. The van der Waals surface area contributed by atoms with E-state index in [0.29, 0.717) is 41.3 Å². The summed E-state index contributed by atoms with van der Waals surface area (Å²) in [7, 11) is 1.58. The molecular formula is C28H40FN3O3. The lowest BCUT2D eigenvalue weighted by Crippen LogP contribution is -2.28. The lowest BCUT2D eigenvalue weighted by atomic mass is 10.0. The highest BCUT2D eigenvalue weighted by molar-refractivity contribution is 5.85. The van der Waals surface area contributed by atoms with Crippen molar-refractivity contribution in [2.75, 3.05) is 7.11 Å². The van der Waals surface area contributed by atoms with E-state index in [1.54, 1.807) is 34.1 Å². The summed E-state index contributed by atoms with van der Waals surface area (Å²) < 4.78 is 26.2. The molecule has 1 aliphatic rings. The third kappa shape index (κ3) is 7.38. The quantitative estimate of drug-likeness (QED) is 0.366. The van der Waals surface area contributed by atoms with Crippen LogP contribution in [0.3, 0.4) is 0 Å². The molecule has 0 aliphatic heterocycles. The van der Waals surface area contributed by atoms with Gasteiger partial charge in [0.2, 0.25) is 0 Å². The molecule has 3 aromatic heterocycles. The van der Waals surface area contributed by atoms with Crippen molar-refractivity contribution in [2.24, 2.45) is 0 Å². The average Bonchev–Trinajstić information content (AvgIpc) is 3.25. The van der Waals surface area contributed by atoms with E-state index in [1.165, 1.54) is 10.6 Å². The second-order valence-electron chi connectivity index (χ2n) is 7.97. The standard InChI is InChI=1S/C22H22FN3O3.3C2H6/c1-22(2,3)29-21(27)26-18-11-15(23)7-5-13(18)10-19(26)17-8-6-14-9-16(28-4)12-24-20(14)25-17;3*1-2/h6,8-12H,5,7H2,1-4H3;3*1-2H3. The molecule has 192 valence electrons. The van der Waals surface area contributed by atoms with Gasteiger partial charge in [-0.3, -0.25) is 0 Å². The number of rotatable bonds is 2. The topological polar surface area (TPSA) is 66.2 Å². The second kappa shape index (κ2) is 13.6. The molecule has 0 radical (unpaired) electrons.